The summed E-state index contributed by atoms with van der Waals surface area (Å²) in [5.41, 5.74) is -0.865. The Labute approximate surface area is 129 Å². The number of H-pyrrole nitrogens is 1. The molecule has 22 heavy (non-hydrogen) atoms. The van der Waals surface area contributed by atoms with E-state index in [0.29, 0.717) is 5.56 Å². The molecule has 0 aromatic carbocycles. The normalized spacial score (nSPS) is 27.7. The number of aromatic amines is 1. The highest BCUT2D eigenvalue weighted by Crippen LogP contribution is 2.35. The maximum absolute atomic E-state index is 11.8. The van der Waals surface area contributed by atoms with E-state index in [4.69, 9.17) is 13.8 Å². The van der Waals surface area contributed by atoms with E-state index < -0.39 is 44.1 Å². The van der Waals surface area contributed by atoms with Crippen molar-refractivity contribution in [3.05, 3.63) is 32.6 Å². The van der Waals surface area contributed by atoms with Crippen molar-refractivity contribution in [1.29, 1.82) is 0 Å². The molecule has 4 atom stereocenters. The molecular weight excluding hydrogens is 339 g/mol. The van der Waals surface area contributed by atoms with Crippen LogP contribution in [0.4, 0.5) is 0 Å². The molecule has 0 aliphatic carbocycles. The molecule has 2 unspecified atom stereocenters. The van der Waals surface area contributed by atoms with Gasteiger partial charge in [0, 0.05) is 18.2 Å². The molecule has 1 saturated heterocycles. The minimum absolute atomic E-state index is 0.178. The van der Waals surface area contributed by atoms with E-state index in [-0.39, 0.29) is 6.42 Å². The molecule has 1 aromatic heterocycles. The minimum atomic E-state index is -4.90. The number of ether oxygens (including phenoxy) is 1. The Balaban J connectivity index is 2.18. The number of nitrogens with zero attached hydrogens (tertiary/aromatic N) is 1. The number of aromatic nitrogens is 2. The molecule has 0 bridgehead atoms. The fraction of sp³-hybridized carbons (Fsp3) is 0.600. The maximum atomic E-state index is 11.8. The molecule has 1 aliphatic heterocycles. The van der Waals surface area contributed by atoms with Gasteiger partial charge in [0.05, 0.1) is 6.61 Å². The van der Waals surface area contributed by atoms with E-state index in [2.05, 4.69) is 22.4 Å². The van der Waals surface area contributed by atoms with E-state index >= 15 is 0 Å². The molecule has 12 heteroatoms. The highest BCUT2D eigenvalue weighted by molar-refractivity contribution is 7.75. The highest BCUT2D eigenvalue weighted by Gasteiger charge is 2.38. The summed E-state index contributed by atoms with van der Waals surface area (Å²) in [6.45, 7) is 1.03. The van der Waals surface area contributed by atoms with E-state index in [0.717, 1.165) is 4.57 Å². The zero-order valence-electron chi connectivity index (χ0n) is 11.4. The fourth-order valence-corrected chi connectivity index (χ4v) is 2.66. The summed E-state index contributed by atoms with van der Waals surface area (Å²) < 4.78 is 26.4. The average Bonchev–Trinajstić information content (AvgIpc) is 2.83. The summed E-state index contributed by atoms with van der Waals surface area (Å²) in [6, 6.07) is 0. The largest absolute Gasteiger partial charge is 0.756 e. The predicted molar refractivity (Wildman–Crippen MR) is 74.2 cm³/mol. The number of phosphoric acid groups is 1. The van der Waals surface area contributed by atoms with Crippen molar-refractivity contribution < 1.29 is 27.8 Å². The van der Waals surface area contributed by atoms with Crippen LogP contribution in [0.5, 0.6) is 0 Å². The van der Waals surface area contributed by atoms with Gasteiger partial charge < -0.3 is 23.2 Å². The Bertz CT molecular complexity index is 697. The van der Waals surface area contributed by atoms with E-state index in [1.165, 1.54) is 13.1 Å². The lowest BCUT2D eigenvalue weighted by Crippen LogP contribution is -2.33. The van der Waals surface area contributed by atoms with Gasteiger partial charge in [0.25, 0.3) is 13.4 Å². The monoisotopic (exact) mass is 353 g/mol. The van der Waals surface area contributed by atoms with Crippen LogP contribution >= 0.6 is 20.7 Å². The number of thiol groups is 1. The summed E-state index contributed by atoms with van der Waals surface area (Å²) in [7, 11) is -4.90. The van der Waals surface area contributed by atoms with Crippen LogP contribution in [-0.2, 0) is 18.0 Å². The fourth-order valence-electron chi connectivity index (χ4n) is 2.10. The SMILES string of the molecule is Cc1cn([C@H]2CC(OS)[C@@H](COP(=O)([O-])O)O2)c(=O)[nH]c1=O. The lowest BCUT2D eigenvalue weighted by Gasteiger charge is -2.21. The van der Waals surface area contributed by atoms with Crippen molar-refractivity contribution in [3.63, 3.8) is 0 Å². The Morgan fingerprint density at radius 3 is 2.91 bits per heavy atom. The third kappa shape index (κ3) is 4.07. The van der Waals surface area contributed by atoms with Crippen LogP contribution in [0.2, 0.25) is 0 Å². The second-order valence-corrected chi connectivity index (χ2v) is 6.16. The number of aryl methyl sites for hydroxylation is 1. The molecule has 0 radical (unpaired) electrons. The molecule has 2 heterocycles. The zero-order chi connectivity index (χ0) is 16.5. The molecule has 1 aliphatic rings. The van der Waals surface area contributed by atoms with Gasteiger partial charge in [-0.25, -0.2) is 4.79 Å². The summed E-state index contributed by atoms with van der Waals surface area (Å²) in [4.78, 5) is 44.5. The summed E-state index contributed by atoms with van der Waals surface area (Å²) in [5.74, 6) is 0. The Morgan fingerprint density at radius 2 is 2.32 bits per heavy atom. The second kappa shape index (κ2) is 6.67. The Hall–Kier alpha value is -0.940. The van der Waals surface area contributed by atoms with Crippen LogP contribution in [0.1, 0.15) is 18.2 Å². The van der Waals surface area contributed by atoms with Gasteiger partial charge >= 0.3 is 5.69 Å². The molecular formula is C10H14N2O8PS-. The first-order chi connectivity index (χ1) is 10.2. The third-order valence-corrected chi connectivity index (χ3v) is 3.92. The van der Waals surface area contributed by atoms with Crippen LogP contribution in [0.3, 0.4) is 0 Å². The first-order valence-electron chi connectivity index (χ1n) is 6.17. The molecule has 10 nitrogen and oxygen atoms in total. The van der Waals surface area contributed by atoms with Crippen molar-refractivity contribution in [2.75, 3.05) is 6.61 Å². The number of phosphoric ester groups is 1. The quantitative estimate of drug-likeness (QED) is 0.342. The molecule has 0 spiro atoms. The van der Waals surface area contributed by atoms with Crippen molar-refractivity contribution in [3.8, 4) is 0 Å². The second-order valence-electron chi connectivity index (χ2n) is 4.75. The highest BCUT2D eigenvalue weighted by atomic mass is 32.1. The van der Waals surface area contributed by atoms with Gasteiger partial charge in [0.2, 0.25) is 0 Å². The molecule has 1 aromatic rings. The van der Waals surface area contributed by atoms with Gasteiger partial charge in [-0.1, -0.05) is 0 Å². The lowest BCUT2D eigenvalue weighted by molar-refractivity contribution is -0.222. The standard InChI is InChI=1S/C10H15N2O8PS/c1-5-3-12(10(14)11-9(5)13)8-2-6(20-22)7(19-8)4-18-21(15,16)17/h3,6-8,22H,2,4H2,1H3,(H,11,13,14)(H2,15,16,17)/p-1/t6?,7-,8-/m1/s1. The van der Waals surface area contributed by atoms with Crippen LogP contribution in [0.15, 0.2) is 15.8 Å². The molecule has 0 saturated carbocycles. The minimum Gasteiger partial charge on any atom is -0.756 e. The first-order valence-corrected chi connectivity index (χ1v) is 8.03. The topological polar surface area (TPSA) is 143 Å². The van der Waals surface area contributed by atoms with Crippen molar-refractivity contribution in [1.82, 2.24) is 9.55 Å². The predicted octanol–water partition coefficient (Wildman–Crippen LogP) is -1.16. The van der Waals surface area contributed by atoms with Crippen molar-refractivity contribution in [2.24, 2.45) is 0 Å². The van der Waals surface area contributed by atoms with Gasteiger partial charge in [0.15, 0.2) is 0 Å². The van der Waals surface area contributed by atoms with Crippen molar-refractivity contribution >= 4 is 20.7 Å². The van der Waals surface area contributed by atoms with Gasteiger partial charge in [-0.15, -0.1) is 0 Å². The first kappa shape index (κ1) is 17.4. The zero-order valence-corrected chi connectivity index (χ0v) is 13.2. The van der Waals surface area contributed by atoms with Gasteiger partial charge in [0.1, 0.15) is 18.4 Å². The summed E-state index contributed by atoms with van der Waals surface area (Å²) in [5, 5.41) is 0. The smallest absolute Gasteiger partial charge is 0.330 e. The van der Waals surface area contributed by atoms with E-state index in [9.17, 15) is 19.0 Å². The molecule has 2 N–H and O–H groups in total. The van der Waals surface area contributed by atoms with E-state index in [1.807, 2.05) is 0 Å². The van der Waals surface area contributed by atoms with Crippen molar-refractivity contribution in [2.45, 2.75) is 31.8 Å². The van der Waals surface area contributed by atoms with E-state index in [1.54, 1.807) is 0 Å². The average molecular weight is 353 g/mol. The molecule has 1 fully saturated rings. The maximum Gasteiger partial charge on any atom is 0.330 e. The summed E-state index contributed by atoms with van der Waals surface area (Å²) in [6.07, 6.45) is -0.819. The Kier molecular flexibility index (Phi) is 5.28. The van der Waals surface area contributed by atoms with Gasteiger partial charge in [-0.3, -0.25) is 18.9 Å². The summed E-state index contributed by atoms with van der Waals surface area (Å²) >= 11 is 3.67. The molecule has 124 valence electrons. The number of rotatable bonds is 5. The third-order valence-electron chi connectivity index (χ3n) is 3.17. The molecule has 2 rings (SSSR count). The number of hydrogen-bond acceptors (Lipinski definition) is 8. The molecule has 0 amide bonds. The van der Waals surface area contributed by atoms with Crippen LogP contribution in [0, 0.1) is 6.92 Å². The van der Waals surface area contributed by atoms with Crippen LogP contribution in [-0.4, -0.2) is 33.3 Å². The number of hydrogen-bond donors (Lipinski definition) is 3. The van der Waals surface area contributed by atoms with Crippen LogP contribution < -0.4 is 16.1 Å². The Morgan fingerprint density at radius 1 is 1.64 bits per heavy atom. The van der Waals surface area contributed by atoms with Gasteiger partial charge in [-0.2, -0.15) is 0 Å². The lowest BCUT2D eigenvalue weighted by atomic mass is 10.2. The van der Waals surface area contributed by atoms with Crippen LogP contribution in [0.25, 0.3) is 0 Å². The van der Waals surface area contributed by atoms with Gasteiger partial charge in [-0.05, 0) is 19.8 Å². The number of nitrogens with one attached hydrogen (secondary N) is 1.